The second kappa shape index (κ2) is 13.4. The number of rotatable bonds is 10. The summed E-state index contributed by atoms with van der Waals surface area (Å²) in [6.45, 7) is 6.44. The van der Waals surface area contributed by atoms with Crippen LogP contribution in [0.15, 0.2) is 39.8 Å². The largest absolute Gasteiger partial charge is 0.465 e. The van der Waals surface area contributed by atoms with E-state index in [9.17, 15) is 22.4 Å². The van der Waals surface area contributed by atoms with Crippen LogP contribution in [-0.2, 0) is 28.9 Å². The highest BCUT2D eigenvalue weighted by Crippen LogP contribution is 2.37. The number of sulfone groups is 1. The van der Waals surface area contributed by atoms with Gasteiger partial charge in [0.25, 0.3) is 0 Å². The number of carbonyl (C=O) groups excluding carboxylic acids is 2. The van der Waals surface area contributed by atoms with Crippen LogP contribution in [0.4, 0.5) is 4.39 Å². The van der Waals surface area contributed by atoms with Gasteiger partial charge in [-0.2, -0.15) is 0 Å². The molecule has 2 aliphatic heterocycles. The molecular weight excluding hydrogens is 595 g/mol. The lowest BCUT2D eigenvalue weighted by molar-refractivity contribution is -0.145. The molecule has 0 radical (unpaired) electrons. The normalized spacial score (nSPS) is 19.7. The minimum absolute atomic E-state index is 0.00525. The highest BCUT2D eigenvalue weighted by molar-refractivity contribution is 7.91. The Morgan fingerprint density at radius 2 is 1.90 bits per heavy atom. The fourth-order valence-corrected chi connectivity index (χ4v) is 7.02. The van der Waals surface area contributed by atoms with E-state index in [2.05, 4.69) is 10.3 Å². The summed E-state index contributed by atoms with van der Waals surface area (Å²) in [6, 6.07) is 2.91. The van der Waals surface area contributed by atoms with Gasteiger partial charge in [0.15, 0.2) is 20.7 Å². The molecule has 0 bridgehead atoms. The maximum absolute atomic E-state index is 14.0. The van der Waals surface area contributed by atoms with Crippen molar-refractivity contribution in [1.29, 1.82) is 0 Å². The van der Waals surface area contributed by atoms with Crippen molar-refractivity contribution in [3.8, 4) is 0 Å². The molecule has 0 saturated carbocycles. The molecule has 222 valence electrons. The number of amidine groups is 1. The number of nitrogens with one attached hydrogen (secondary N) is 1. The number of ether oxygens (including phenoxy) is 2. The first-order valence-corrected chi connectivity index (χ1v) is 16.4. The van der Waals surface area contributed by atoms with E-state index in [4.69, 9.17) is 26.1 Å². The first-order chi connectivity index (χ1) is 19.6. The fraction of sp³-hybridized carbons (Fsp3) is 0.481. The fourth-order valence-electron chi connectivity index (χ4n) is 4.65. The molecule has 3 heterocycles. The topological polar surface area (TPSA) is 127 Å². The van der Waals surface area contributed by atoms with Crippen LogP contribution in [0.3, 0.4) is 0 Å². The van der Waals surface area contributed by atoms with Crippen molar-refractivity contribution in [2.45, 2.75) is 39.2 Å². The van der Waals surface area contributed by atoms with Crippen molar-refractivity contribution in [3.05, 3.63) is 62.0 Å². The zero-order chi connectivity index (χ0) is 29.7. The summed E-state index contributed by atoms with van der Waals surface area (Å²) in [6.07, 6.45) is 0.492. The van der Waals surface area contributed by atoms with Crippen LogP contribution in [0, 0.1) is 5.82 Å². The molecule has 1 saturated heterocycles. The summed E-state index contributed by atoms with van der Waals surface area (Å²) in [5.41, 5.74) is 1.57. The molecule has 1 aromatic heterocycles. The van der Waals surface area contributed by atoms with E-state index in [1.807, 2.05) is 11.8 Å². The molecule has 1 N–H and O–H groups in total. The maximum atomic E-state index is 14.0. The Balaban J connectivity index is 1.79. The van der Waals surface area contributed by atoms with E-state index in [0.29, 0.717) is 34.2 Å². The highest BCUT2D eigenvalue weighted by atomic mass is 35.5. The molecule has 2 aromatic rings. The molecule has 0 spiro atoms. The molecule has 2 atom stereocenters. The first kappa shape index (κ1) is 31.1. The number of carbonyl (C=O) groups is 2. The molecule has 41 heavy (non-hydrogen) atoms. The number of hydrogen-bond donors (Lipinski definition) is 1. The van der Waals surface area contributed by atoms with Crippen LogP contribution in [0.25, 0.3) is 0 Å². The average molecular weight is 627 g/mol. The van der Waals surface area contributed by atoms with Gasteiger partial charge in [0.2, 0.25) is 0 Å². The summed E-state index contributed by atoms with van der Waals surface area (Å²) >= 11 is 7.73. The number of esters is 2. The molecular formula is C27H32ClFN4O6S2. The lowest BCUT2D eigenvalue weighted by atomic mass is 9.95. The molecule has 2 aliphatic rings. The van der Waals surface area contributed by atoms with Gasteiger partial charge in [0, 0.05) is 41.3 Å². The first-order valence-electron chi connectivity index (χ1n) is 13.3. The maximum Gasteiger partial charge on any atom is 0.338 e. The molecule has 0 aliphatic carbocycles. The molecule has 14 heteroatoms. The summed E-state index contributed by atoms with van der Waals surface area (Å²) in [5.74, 6) is -1.74. The second-order valence-corrected chi connectivity index (χ2v) is 13.1. The standard InChI is InChI=1S/C27H32ClFN4O6S2/c1-4-17(26(34)38-5-2)21-15-40-25(31-21)24-30-20(14-33-9-11-41(36,37)12-10-33)22(27(35)39-6-3)23(32-24)18-8-7-16(29)13-19(18)28/h7-8,13,15,17,23H,4-6,9-12,14H2,1-3H3,(H,30,32). The molecule has 4 rings (SSSR count). The Hall–Kier alpha value is -2.87. The van der Waals surface area contributed by atoms with Crippen LogP contribution in [0.5, 0.6) is 0 Å². The highest BCUT2D eigenvalue weighted by Gasteiger charge is 2.36. The van der Waals surface area contributed by atoms with Gasteiger partial charge in [-0.3, -0.25) is 14.7 Å². The minimum atomic E-state index is -3.12. The zero-order valence-corrected chi connectivity index (χ0v) is 25.4. The lowest BCUT2D eigenvalue weighted by Gasteiger charge is -2.32. The Labute approximate surface area is 247 Å². The third kappa shape index (κ3) is 7.32. The van der Waals surface area contributed by atoms with Crippen molar-refractivity contribution in [2.75, 3.05) is 44.4 Å². The summed E-state index contributed by atoms with van der Waals surface area (Å²) in [4.78, 5) is 37.3. The second-order valence-electron chi connectivity index (χ2n) is 9.50. The molecule has 0 amide bonds. The quantitative estimate of drug-likeness (QED) is 0.393. The van der Waals surface area contributed by atoms with Gasteiger partial charge in [0.05, 0.1) is 41.9 Å². The van der Waals surface area contributed by atoms with Crippen molar-refractivity contribution in [2.24, 2.45) is 4.99 Å². The third-order valence-corrected chi connectivity index (χ3v) is 9.56. The van der Waals surface area contributed by atoms with Crippen LogP contribution in [0.2, 0.25) is 5.02 Å². The summed E-state index contributed by atoms with van der Waals surface area (Å²) in [5, 5.41) is 5.55. The molecule has 10 nitrogen and oxygen atoms in total. The third-order valence-electron chi connectivity index (χ3n) is 6.76. The summed E-state index contributed by atoms with van der Waals surface area (Å²) in [7, 11) is -3.12. The molecule has 2 unspecified atom stereocenters. The van der Waals surface area contributed by atoms with E-state index in [1.54, 1.807) is 19.2 Å². The van der Waals surface area contributed by atoms with Gasteiger partial charge in [-0.05, 0) is 32.4 Å². The van der Waals surface area contributed by atoms with Crippen LogP contribution < -0.4 is 5.32 Å². The zero-order valence-electron chi connectivity index (χ0n) is 23.0. The van der Waals surface area contributed by atoms with Crippen molar-refractivity contribution in [1.82, 2.24) is 15.2 Å². The van der Waals surface area contributed by atoms with Crippen LogP contribution >= 0.6 is 22.9 Å². The molecule has 1 fully saturated rings. The predicted octanol–water partition coefficient (Wildman–Crippen LogP) is 3.63. The minimum Gasteiger partial charge on any atom is -0.465 e. The Bertz CT molecular complexity index is 1460. The van der Waals surface area contributed by atoms with E-state index in [1.165, 1.54) is 23.5 Å². The monoisotopic (exact) mass is 626 g/mol. The van der Waals surface area contributed by atoms with Gasteiger partial charge in [-0.25, -0.2) is 22.6 Å². The van der Waals surface area contributed by atoms with Gasteiger partial charge in [-0.1, -0.05) is 24.6 Å². The Kier molecular flexibility index (Phi) is 10.2. The number of halogens is 2. The van der Waals surface area contributed by atoms with Crippen LogP contribution in [0.1, 0.15) is 55.4 Å². The van der Waals surface area contributed by atoms with Crippen molar-refractivity contribution >= 4 is 50.5 Å². The lowest BCUT2D eigenvalue weighted by Crippen LogP contribution is -2.45. The van der Waals surface area contributed by atoms with Gasteiger partial charge in [0.1, 0.15) is 11.9 Å². The summed E-state index contributed by atoms with van der Waals surface area (Å²) < 4.78 is 48.6. The molecule has 1 aromatic carbocycles. The SMILES string of the molecule is CCOC(=O)C1=C(CN2CCS(=O)(=O)CC2)NC(c2nc(C(CC)C(=O)OCC)cs2)=NC1c1ccc(F)cc1Cl. The smallest absolute Gasteiger partial charge is 0.338 e. The Morgan fingerprint density at radius 3 is 2.54 bits per heavy atom. The van der Waals surface area contributed by atoms with Gasteiger partial charge in [-0.15, -0.1) is 11.3 Å². The average Bonchev–Trinajstić information content (AvgIpc) is 3.40. The number of nitrogens with zero attached hydrogens (tertiary/aromatic N) is 3. The van der Waals surface area contributed by atoms with E-state index in [-0.39, 0.29) is 60.9 Å². The predicted molar refractivity (Wildman–Crippen MR) is 154 cm³/mol. The van der Waals surface area contributed by atoms with Crippen molar-refractivity contribution in [3.63, 3.8) is 0 Å². The number of aromatic nitrogens is 1. The Morgan fingerprint density at radius 1 is 1.20 bits per heavy atom. The number of thiazole rings is 1. The van der Waals surface area contributed by atoms with Gasteiger partial charge >= 0.3 is 11.9 Å². The van der Waals surface area contributed by atoms with E-state index in [0.717, 1.165) is 6.07 Å². The van der Waals surface area contributed by atoms with Crippen LogP contribution in [-0.4, -0.2) is 80.4 Å². The number of benzene rings is 1. The van der Waals surface area contributed by atoms with Crippen molar-refractivity contribution < 1.29 is 31.9 Å². The van der Waals surface area contributed by atoms with E-state index >= 15 is 0 Å². The van der Waals surface area contributed by atoms with Gasteiger partial charge < -0.3 is 14.8 Å². The number of aliphatic imine (C=N–C) groups is 1. The van der Waals surface area contributed by atoms with E-state index < -0.39 is 33.6 Å². The number of hydrogen-bond acceptors (Lipinski definition) is 11.